The van der Waals surface area contributed by atoms with Crippen molar-refractivity contribution >= 4 is 10.1 Å². The molecule has 0 amide bonds. The molecule has 0 aliphatic heterocycles. The van der Waals surface area contributed by atoms with Crippen LogP contribution in [0.2, 0.25) is 0 Å². The Morgan fingerprint density at radius 1 is 1.16 bits per heavy atom. The number of terminal acetylenes is 1. The van der Waals surface area contributed by atoms with E-state index >= 15 is 0 Å². The van der Waals surface area contributed by atoms with Gasteiger partial charge < -0.3 is 4.74 Å². The van der Waals surface area contributed by atoms with Crippen LogP contribution in [-0.2, 0) is 20.7 Å². The summed E-state index contributed by atoms with van der Waals surface area (Å²) in [5.74, 6) is 3.08. The Labute approximate surface area is 153 Å². The van der Waals surface area contributed by atoms with Gasteiger partial charge in [0.25, 0.3) is 10.1 Å². The molecule has 1 saturated carbocycles. The van der Waals surface area contributed by atoms with Crippen molar-refractivity contribution in [1.82, 2.24) is 0 Å². The summed E-state index contributed by atoms with van der Waals surface area (Å²) in [5.41, 5.74) is 1.27. The van der Waals surface area contributed by atoms with Gasteiger partial charge >= 0.3 is 0 Å². The molecule has 2 atom stereocenters. The lowest BCUT2D eigenvalue weighted by atomic mass is 9.95. The molecule has 2 unspecified atom stereocenters. The van der Waals surface area contributed by atoms with Gasteiger partial charge in [0, 0.05) is 0 Å². The van der Waals surface area contributed by atoms with E-state index < -0.39 is 22.0 Å². The van der Waals surface area contributed by atoms with Gasteiger partial charge in [-0.25, -0.2) is 0 Å². The van der Waals surface area contributed by atoms with Crippen molar-refractivity contribution in [3.63, 3.8) is 0 Å². The second-order valence-electron chi connectivity index (χ2n) is 6.72. The molecule has 140 valence electrons. The van der Waals surface area contributed by atoms with Gasteiger partial charge in [-0.05, 0) is 49.3 Å². The van der Waals surface area contributed by atoms with Crippen molar-refractivity contribution in [2.45, 2.75) is 65.6 Å². The molecular formula is C20H30O4S. The van der Waals surface area contributed by atoms with Gasteiger partial charge in [-0.2, -0.15) is 8.42 Å². The summed E-state index contributed by atoms with van der Waals surface area (Å²) in [5, 5.41) is 0. The summed E-state index contributed by atoms with van der Waals surface area (Å²) in [7, 11) is -3.69. The van der Waals surface area contributed by atoms with Gasteiger partial charge in [-0.3, -0.25) is 4.18 Å². The average Bonchev–Trinajstić information content (AvgIpc) is 2.50. The third-order valence-electron chi connectivity index (χ3n) is 4.03. The molecule has 2 rings (SSSR count). The van der Waals surface area contributed by atoms with E-state index in [0.717, 1.165) is 31.4 Å². The molecule has 0 N–H and O–H groups in total. The molecule has 0 aromatic heterocycles. The molecule has 25 heavy (non-hydrogen) atoms. The standard InChI is InChI=1S/C19H26O4S.CH4/c1-4-13-24(20,21)23-19-8-6-5-7-18(19)22-17-11-9-16(10-12-17)14-15(2)3;/h1,9-12,15,18-19H,5-8,13-14H2,2-3H3;1H4. The summed E-state index contributed by atoms with van der Waals surface area (Å²) in [6, 6.07) is 8.00. The molecule has 1 fully saturated rings. The van der Waals surface area contributed by atoms with E-state index in [0.29, 0.717) is 12.3 Å². The molecule has 0 spiro atoms. The maximum atomic E-state index is 11.8. The minimum atomic E-state index is -3.69. The Morgan fingerprint density at radius 3 is 2.32 bits per heavy atom. The number of ether oxygens (including phenoxy) is 1. The molecule has 1 aromatic carbocycles. The van der Waals surface area contributed by atoms with Crippen molar-refractivity contribution in [2.75, 3.05) is 5.75 Å². The van der Waals surface area contributed by atoms with Gasteiger partial charge in [0.2, 0.25) is 0 Å². The predicted molar refractivity (Wildman–Crippen MR) is 102 cm³/mol. The normalized spacial score (nSPS) is 20.6. The molecule has 0 radical (unpaired) electrons. The number of rotatable bonds is 7. The lowest BCUT2D eigenvalue weighted by Gasteiger charge is -2.31. The fraction of sp³-hybridized carbons (Fsp3) is 0.600. The molecule has 1 aromatic rings. The molecule has 0 bridgehead atoms. The van der Waals surface area contributed by atoms with Crippen LogP contribution in [-0.4, -0.2) is 26.4 Å². The van der Waals surface area contributed by atoms with Crippen LogP contribution < -0.4 is 4.74 Å². The first-order valence-electron chi connectivity index (χ1n) is 8.49. The number of hydrogen-bond acceptors (Lipinski definition) is 4. The van der Waals surface area contributed by atoms with Gasteiger partial charge in [-0.15, -0.1) is 6.42 Å². The predicted octanol–water partition coefficient (Wildman–Crippen LogP) is 4.19. The highest BCUT2D eigenvalue weighted by Crippen LogP contribution is 2.27. The SMILES string of the molecule is C.C#CCS(=O)(=O)OC1CCCCC1Oc1ccc(CC(C)C)cc1. The topological polar surface area (TPSA) is 52.6 Å². The first-order chi connectivity index (χ1) is 11.4. The fourth-order valence-corrected chi connectivity index (χ4v) is 3.85. The average molecular weight is 367 g/mol. The van der Waals surface area contributed by atoms with Crippen molar-refractivity contribution < 1.29 is 17.3 Å². The van der Waals surface area contributed by atoms with E-state index in [1.165, 1.54) is 5.56 Å². The molecular weight excluding hydrogens is 336 g/mol. The second-order valence-corrected chi connectivity index (χ2v) is 8.32. The van der Waals surface area contributed by atoms with Crippen LogP contribution >= 0.6 is 0 Å². The van der Waals surface area contributed by atoms with Crippen LogP contribution in [0.5, 0.6) is 5.75 Å². The molecule has 0 saturated heterocycles. The fourth-order valence-electron chi connectivity index (χ4n) is 2.98. The summed E-state index contributed by atoms with van der Waals surface area (Å²) in [6.45, 7) is 4.37. The van der Waals surface area contributed by atoms with Crippen LogP contribution in [0.25, 0.3) is 0 Å². The Hall–Kier alpha value is -1.51. The van der Waals surface area contributed by atoms with Crippen molar-refractivity contribution in [2.24, 2.45) is 5.92 Å². The first-order valence-corrected chi connectivity index (χ1v) is 10.1. The summed E-state index contributed by atoms with van der Waals surface area (Å²) < 4.78 is 34.9. The number of hydrogen-bond donors (Lipinski definition) is 0. The van der Waals surface area contributed by atoms with Crippen LogP contribution in [0.15, 0.2) is 24.3 Å². The lowest BCUT2D eigenvalue weighted by Crippen LogP contribution is -2.38. The Kier molecular flexibility index (Phi) is 8.47. The summed E-state index contributed by atoms with van der Waals surface area (Å²) in [6.07, 6.45) is 8.77. The summed E-state index contributed by atoms with van der Waals surface area (Å²) >= 11 is 0. The Morgan fingerprint density at radius 2 is 1.76 bits per heavy atom. The largest absolute Gasteiger partial charge is 0.488 e. The van der Waals surface area contributed by atoms with Crippen LogP contribution in [0.4, 0.5) is 0 Å². The van der Waals surface area contributed by atoms with Crippen molar-refractivity contribution in [3.8, 4) is 18.1 Å². The maximum absolute atomic E-state index is 11.8. The smallest absolute Gasteiger partial charge is 0.279 e. The molecule has 1 aliphatic carbocycles. The van der Waals surface area contributed by atoms with E-state index in [-0.39, 0.29) is 13.5 Å². The summed E-state index contributed by atoms with van der Waals surface area (Å²) in [4.78, 5) is 0. The van der Waals surface area contributed by atoms with Crippen molar-refractivity contribution in [1.29, 1.82) is 0 Å². The van der Waals surface area contributed by atoms with E-state index in [1.54, 1.807) is 0 Å². The van der Waals surface area contributed by atoms with Gasteiger partial charge in [0.1, 0.15) is 23.7 Å². The van der Waals surface area contributed by atoms with Crippen molar-refractivity contribution in [3.05, 3.63) is 29.8 Å². The monoisotopic (exact) mass is 366 g/mol. The zero-order valence-corrected chi connectivity index (χ0v) is 15.2. The van der Waals surface area contributed by atoms with Gasteiger partial charge in [0.15, 0.2) is 0 Å². The van der Waals surface area contributed by atoms with Crippen LogP contribution in [0.1, 0.15) is 52.5 Å². The Balaban J connectivity index is 0.00000312. The maximum Gasteiger partial charge on any atom is 0.279 e. The molecule has 5 heteroatoms. The van der Waals surface area contributed by atoms with Crippen LogP contribution in [0.3, 0.4) is 0 Å². The van der Waals surface area contributed by atoms with E-state index in [4.69, 9.17) is 15.3 Å². The third kappa shape index (κ3) is 7.09. The second kappa shape index (κ2) is 9.84. The van der Waals surface area contributed by atoms with E-state index in [9.17, 15) is 8.42 Å². The van der Waals surface area contributed by atoms with Gasteiger partial charge in [0.05, 0.1) is 0 Å². The molecule has 1 aliphatic rings. The highest BCUT2D eigenvalue weighted by molar-refractivity contribution is 7.86. The zero-order chi connectivity index (χ0) is 17.6. The zero-order valence-electron chi connectivity index (χ0n) is 14.4. The van der Waals surface area contributed by atoms with Gasteiger partial charge in [-0.1, -0.05) is 45.7 Å². The molecule has 4 nitrogen and oxygen atoms in total. The lowest BCUT2D eigenvalue weighted by molar-refractivity contribution is 0.0274. The Bertz CT molecular complexity index is 656. The quantitative estimate of drug-likeness (QED) is 0.536. The third-order valence-corrected chi connectivity index (χ3v) is 5.09. The van der Waals surface area contributed by atoms with E-state index in [1.807, 2.05) is 12.1 Å². The first kappa shape index (κ1) is 21.5. The van der Waals surface area contributed by atoms with Crippen LogP contribution in [0, 0.1) is 18.3 Å². The highest BCUT2D eigenvalue weighted by Gasteiger charge is 2.31. The minimum Gasteiger partial charge on any atom is -0.488 e. The number of benzene rings is 1. The van der Waals surface area contributed by atoms with E-state index in [2.05, 4.69) is 31.9 Å². The minimum absolute atomic E-state index is 0. The molecule has 0 heterocycles. The highest BCUT2D eigenvalue weighted by atomic mass is 32.2.